The summed E-state index contributed by atoms with van der Waals surface area (Å²) in [6.07, 6.45) is 4.34. The van der Waals surface area contributed by atoms with E-state index in [-0.39, 0.29) is 6.61 Å². The number of rotatable bonds is 5. The van der Waals surface area contributed by atoms with Crippen LogP contribution in [0.3, 0.4) is 0 Å². The summed E-state index contributed by atoms with van der Waals surface area (Å²) in [4.78, 5) is 6.71. The van der Waals surface area contributed by atoms with E-state index in [1.165, 1.54) is 19.3 Å². The maximum absolute atomic E-state index is 9.02. The molecule has 0 bridgehead atoms. The summed E-state index contributed by atoms with van der Waals surface area (Å²) < 4.78 is 5.82. The fraction of sp³-hybridized carbons (Fsp3) is 0.500. The number of nitrogens with zero attached hydrogens (tertiary/aromatic N) is 2. The van der Waals surface area contributed by atoms with Crippen molar-refractivity contribution in [2.75, 3.05) is 23.8 Å². The van der Waals surface area contributed by atoms with Gasteiger partial charge in [0.15, 0.2) is 5.58 Å². The number of benzene rings is 1. The van der Waals surface area contributed by atoms with Crippen LogP contribution < -0.4 is 10.6 Å². The molecule has 1 fully saturated rings. The van der Waals surface area contributed by atoms with E-state index in [0.29, 0.717) is 17.7 Å². The van der Waals surface area contributed by atoms with Gasteiger partial charge in [0.25, 0.3) is 6.01 Å². The highest BCUT2D eigenvalue weighted by Gasteiger charge is 2.28. The Morgan fingerprint density at radius 2 is 2.26 bits per heavy atom. The van der Waals surface area contributed by atoms with Crippen LogP contribution in [0.2, 0.25) is 0 Å². The highest BCUT2D eigenvalue weighted by molar-refractivity contribution is 5.78. The van der Waals surface area contributed by atoms with Crippen molar-refractivity contribution in [2.45, 2.75) is 31.7 Å². The van der Waals surface area contributed by atoms with Crippen LogP contribution in [0, 0.1) is 0 Å². The molecular weight excluding hydrogens is 242 g/mol. The maximum Gasteiger partial charge on any atom is 0.298 e. The van der Waals surface area contributed by atoms with Crippen molar-refractivity contribution in [2.24, 2.45) is 0 Å². The van der Waals surface area contributed by atoms with Crippen LogP contribution in [0.1, 0.15) is 25.7 Å². The Kier molecular flexibility index (Phi) is 3.29. The highest BCUT2D eigenvalue weighted by atomic mass is 16.4. The Labute approximate surface area is 112 Å². The van der Waals surface area contributed by atoms with Gasteiger partial charge in [-0.05, 0) is 37.8 Å². The van der Waals surface area contributed by atoms with Crippen molar-refractivity contribution < 1.29 is 9.52 Å². The minimum Gasteiger partial charge on any atom is -0.423 e. The lowest BCUT2D eigenvalue weighted by molar-refractivity contribution is 0.280. The summed E-state index contributed by atoms with van der Waals surface area (Å²) in [5.74, 6) is 0. The molecule has 1 aromatic carbocycles. The summed E-state index contributed by atoms with van der Waals surface area (Å²) in [6, 6.07) is 6.66. The van der Waals surface area contributed by atoms with Gasteiger partial charge in [-0.1, -0.05) is 0 Å². The third-order valence-electron chi connectivity index (χ3n) is 3.72. The second kappa shape index (κ2) is 5.09. The predicted octanol–water partition coefficient (Wildman–Crippen LogP) is 2.15. The Morgan fingerprint density at radius 1 is 1.42 bits per heavy atom. The molecule has 2 aromatic rings. The van der Waals surface area contributed by atoms with Crippen LogP contribution in [0.15, 0.2) is 22.6 Å². The molecule has 0 saturated heterocycles. The van der Waals surface area contributed by atoms with Gasteiger partial charge < -0.3 is 20.2 Å². The van der Waals surface area contributed by atoms with E-state index in [9.17, 15) is 0 Å². The quantitative estimate of drug-likeness (QED) is 0.807. The number of nitrogens with two attached hydrogens (primary N) is 1. The standard InChI is InChI=1S/C14H19N3O2/c15-10-5-6-12-13(9-10)19-14(16-12)17(7-2-8-18)11-3-1-4-11/h5-6,9,11,18H,1-4,7-8,15H2. The highest BCUT2D eigenvalue weighted by Crippen LogP contribution is 2.31. The monoisotopic (exact) mass is 261 g/mol. The first-order valence-corrected chi connectivity index (χ1v) is 6.81. The average Bonchev–Trinajstić information content (AvgIpc) is 2.74. The Bertz CT molecular complexity index is 563. The first-order valence-electron chi connectivity index (χ1n) is 6.81. The SMILES string of the molecule is Nc1ccc2nc(N(CCCO)C3CCC3)oc2c1. The first-order chi connectivity index (χ1) is 9.28. The zero-order chi connectivity index (χ0) is 13.2. The van der Waals surface area contributed by atoms with Gasteiger partial charge in [-0.15, -0.1) is 0 Å². The molecule has 0 spiro atoms. The summed E-state index contributed by atoms with van der Waals surface area (Å²) >= 11 is 0. The molecular formula is C14H19N3O2. The van der Waals surface area contributed by atoms with Crippen LogP contribution in [-0.4, -0.2) is 29.3 Å². The Morgan fingerprint density at radius 3 is 2.95 bits per heavy atom. The lowest BCUT2D eigenvalue weighted by atomic mass is 9.91. The van der Waals surface area contributed by atoms with E-state index in [4.69, 9.17) is 15.3 Å². The molecule has 1 saturated carbocycles. The number of fused-ring (bicyclic) bond motifs is 1. The van der Waals surface area contributed by atoms with Gasteiger partial charge in [0.2, 0.25) is 0 Å². The molecule has 5 nitrogen and oxygen atoms in total. The molecule has 19 heavy (non-hydrogen) atoms. The van der Waals surface area contributed by atoms with Crippen LogP contribution in [0.25, 0.3) is 11.1 Å². The van der Waals surface area contributed by atoms with Crippen molar-refractivity contribution in [1.29, 1.82) is 0 Å². The van der Waals surface area contributed by atoms with Gasteiger partial charge >= 0.3 is 0 Å². The largest absolute Gasteiger partial charge is 0.423 e. The smallest absolute Gasteiger partial charge is 0.298 e. The van der Waals surface area contributed by atoms with E-state index in [1.54, 1.807) is 6.07 Å². The lowest BCUT2D eigenvalue weighted by Crippen LogP contribution is -2.41. The van der Waals surface area contributed by atoms with E-state index < -0.39 is 0 Å². The van der Waals surface area contributed by atoms with E-state index >= 15 is 0 Å². The lowest BCUT2D eigenvalue weighted by Gasteiger charge is -2.36. The summed E-state index contributed by atoms with van der Waals surface area (Å²) in [7, 11) is 0. The van der Waals surface area contributed by atoms with Gasteiger partial charge in [0, 0.05) is 30.9 Å². The average molecular weight is 261 g/mol. The van der Waals surface area contributed by atoms with Crippen LogP contribution >= 0.6 is 0 Å². The summed E-state index contributed by atoms with van der Waals surface area (Å²) in [5.41, 5.74) is 7.99. The van der Waals surface area contributed by atoms with Crippen LogP contribution in [-0.2, 0) is 0 Å². The van der Waals surface area contributed by atoms with Gasteiger partial charge in [0.1, 0.15) is 5.52 Å². The van der Waals surface area contributed by atoms with Crippen LogP contribution in [0.4, 0.5) is 11.7 Å². The molecule has 0 aliphatic heterocycles. The van der Waals surface area contributed by atoms with Crippen molar-refractivity contribution in [3.8, 4) is 0 Å². The van der Waals surface area contributed by atoms with Crippen molar-refractivity contribution in [3.63, 3.8) is 0 Å². The van der Waals surface area contributed by atoms with E-state index in [1.807, 2.05) is 12.1 Å². The van der Waals surface area contributed by atoms with Crippen molar-refractivity contribution in [1.82, 2.24) is 4.98 Å². The predicted molar refractivity (Wildman–Crippen MR) is 75.1 cm³/mol. The fourth-order valence-corrected chi connectivity index (χ4v) is 2.43. The molecule has 1 heterocycles. The molecule has 0 atom stereocenters. The molecule has 102 valence electrons. The topological polar surface area (TPSA) is 75.5 Å². The third kappa shape index (κ3) is 2.38. The van der Waals surface area contributed by atoms with Crippen molar-refractivity contribution in [3.05, 3.63) is 18.2 Å². The Balaban J connectivity index is 1.89. The normalized spacial score (nSPS) is 15.6. The molecule has 1 aliphatic rings. The molecule has 5 heteroatoms. The Hall–Kier alpha value is -1.75. The molecule has 3 rings (SSSR count). The number of nitrogen functional groups attached to an aromatic ring is 1. The number of aliphatic hydroxyl groups is 1. The third-order valence-corrected chi connectivity index (χ3v) is 3.72. The molecule has 0 amide bonds. The second-order valence-corrected chi connectivity index (χ2v) is 5.08. The molecule has 0 unspecified atom stereocenters. The molecule has 3 N–H and O–H groups in total. The zero-order valence-corrected chi connectivity index (χ0v) is 10.9. The number of hydrogen-bond donors (Lipinski definition) is 2. The fourth-order valence-electron chi connectivity index (χ4n) is 2.43. The first kappa shape index (κ1) is 12.3. The van der Waals surface area contributed by atoms with Gasteiger partial charge in [-0.2, -0.15) is 4.98 Å². The maximum atomic E-state index is 9.02. The van der Waals surface area contributed by atoms with Crippen molar-refractivity contribution >= 4 is 22.8 Å². The number of aromatic nitrogens is 1. The van der Waals surface area contributed by atoms with E-state index in [0.717, 1.165) is 24.1 Å². The summed E-state index contributed by atoms with van der Waals surface area (Å²) in [5, 5.41) is 9.02. The number of oxazole rings is 1. The zero-order valence-electron chi connectivity index (χ0n) is 10.9. The van der Waals surface area contributed by atoms with Gasteiger partial charge in [-0.3, -0.25) is 0 Å². The molecule has 1 aliphatic carbocycles. The molecule has 1 aromatic heterocycles. The number of hydrogen-bond acceptors (Lipinski definition) is 5. The summed E-state index contributed by atoms with van der Waals surface area (Å²) in [6.45, 7) is 0.972. The van der Waals surface area contributed by atoms with E-state index in [2.05, 4.69) is 9.88 Å². The minimum absolute atomic E-state index is 0.191. The molecule has 0 radical (unpaired) electrons. The van der Waals surface area contributed by atoms with Gasteiger partial charge in [-0.25, -0.2) is 0 Å². The number of anilines is 2. The minimum atomic E-state index is 0.191. The van der Waals surface area contributed by atoms with Gasteiger partial charge in [0.05, 0.1) is 0 Å². The van der Waals surface area contributed by atoms with Crippen LogP contribution in [0.5, 0.6) is 0 Å². The second-order valence-electron chi connectivity index (χ2n) is 5.08. The number of aliphatic hydroxyl groups excluding tert-OH is 1.